The van der Waals surface area contributed by atoms with Crippen LogP contribution in [0.1, 0.15) is 84.5 Å². The number of rotatable bonds is 6. The van der Waals surface area contributed by atoms with E-state index in [2.05, 4.69) is 10.6 Å². The Balaban J connectivity index is 1.96. The number of hydrogen-bond acceptors (Lipinski definition) is 3. The Kier molecular flexibility index (Phi) is 7.08. The van der Waals surface area contributed by atoms with E-state index in [1.165, 1.54) is 32.1 Å². The third-order valence-electron chi connectivity index (χ3n) is 5.57. The molecule has 2 aliphatic rings. The molecular formula is C19H35N3O2. The lowest BCUT2D eigenvalue weighted by atomic mass is 9.80. The van der Waals surface area contributed by atoms with Gasteiger partial charge in [-0.25, -0.2) is 0 Å². The third kappa shape index (κ3) is 5.20. The maximum atomic E-state index is 12.7. The van der Waals surface area contributed by atoms with Crippen LogP contribution in [-0.2, 0) is 9.59 Å². The molecule has 2 fully saturated rings. The minimum absolute atomic E-state index is 0.0459. The molecule has 2 saturated carbocycles. The zero-order chi connectivity index (χ0) is 17.6. The summed E-state index contributed by atoms with van der Waals surface area (Å²) >= 11 is 0. The fraction of sp³-hybridized carbons (Fsp3) is 0.895. The average molecular weight is 338 g/mol. The van der Waals surface area contributed by atoms with Crippen molar-refractivity contribution in [2.75, 3.05) is 0 Å². The molecule has 0 saturated heterocycles. The Labute approximate surface area is 146 Å². The lowest BCUT2D eigenvalue weighted by Gasteiger charge is -2.38. The van der Waals surface area contributed by atoms with E-state index in [1.54, 1.807) is 0 Å². The molecule has 1 atom stereocenters. The van der Waals surface area contributed by atoms with Crippen LogP contribution in [0.5, 0.6) is 0 Å². The molecule has 0 bridgehead atoms. The second kappa shape index (κ2) is 8.84. The van der Waals surface area contributed by atoms with E-state index in [1.807, 2.05) is 13.8 Å². The standard InChI is InChI=1S/C19H35N3O2/c1-14(2)21-18(24)19(11-7-4-8-12-19)22-17(23)16(20)13-15-9-5-3-6-10-15/h14-16H,3-13,20H2,1-2H3,(H,21,24)(H,22,23)/t16-/m0/s1. The minimum atomic E-state index is -0.760. The first-order chi connectivity index (χ1) is 11.4. The molecule has 0 aromatic rings. The molecule has 0 aliphatic heterocycles. The fourth-order valence-electron chi connectivity index (χ4n) is 4.18. The van der Waals surface area contributed by atoms with Gasteiger partial charge >= 0.3 is 0 Å². The third-order valence-corrected chi connectivity index (χ3v) is 5.57. The first-order valence-electron chi connectivity index (χ1n) is 9.81. The Hall–Kier alpha value is -1.10. The fourth-order valence-corrected chi connectivity index (χ4v) is 4.18. The van der Waals surface area contributed by atoms with Crippen molar-refractivity contribution in [1.29, 1.82) is 0 Å². The Morgan fingerprint density at radius 1 is 1.04 bits per heavy atom. The van der Waals surface area contributed by atoms with Gasteiger partial charge in [0.1, 0.15) is 5.54 Å². The summed E-state index contributed by atoms with van der Waals surface area (Å²) in [6.45, 7) is 3.90. The van der Waals surface area contributed by atoms with Gasteiger partial charge in [-0.15, -0.1) is 0 Å². The quantitative estimate of drug-likeness (QED) is 0.696. The van der Waals surface area contributed by atoms with Crippen molar-refractivity contribution in [3.63, 3.8) is 0 Å². The Morgan fingerprint density at radius 3 is 2.21 bits per heavy atom. The van der Waals surface area contributed by atoms with Crippen molar-refractivity contribution in [2.24, 2.45) is 11.7 Å². The number of hydrogen-bond donors (Lipinski definition) is 3. The van der Waals surface area contributed by atoms with Crippen molar-refractivity contribution < 1.29 is 9.59 Å². The van der Waals surface area contributed by atoms with Gasteiger partial charge in [0.15, 0.2) is 0 Å². The lowest BCUT2D eigenvalue weighted by Crippen LogP contribution is -2.63. The zero-order valence-corrected chi connectivity index (χ0v) is 15.4. The molecule has 4 N–H and O–H groups in total. The van der Waals surface area contributed by atoms with Crippen LogP contribution in [0.2, 0.25) is 0 Å². The SMILES string of the molecule is CC(C)NC(=O)C1(NC(=O)[C@@H](N)CC2CCCCC2)CCCCC1. The number of carbonyl (C=O) groups excluding carboxylic acids is 2. The monoisotopic (exact) mass is 337 g/mol. The van der Waals surface area contributed by atoms with Crippen LogP contribution in [-0.4, -0.2) is 29.4 Å². The van der Waals surface area contributed by atoms with Crippen molar-refractivity contribution >= 4 is 11.8 Å². The van der Waals surface area contributed by atoms with E-state index in [0.29, 0.717) is 18.8 Å². The van der Waals surface area contributed by atoms with Gasteiger partial charge in [0.2, 0.25) is 11.8 Å². The summed E-state index contributed by atoms with van der Waals surface area (Å²) in [6.07, 6.45) is 11.4. The van der Waals surface area contributed by atoms with Crippen LogP contribution in [0.25, 0.3) is 0 Å². The predicted octanol–water partition coefficient (Wildman–Crippen LogP) is 2.63. The van der Waals surface area contributed by atoms with Crippen LogP contribution in [0, 0.1) is 5.92 Å². The van der Waals surface area contributed by atoms with Gasteiger partial charge in [0, 0.05) is 6.04 Å². The van der Waals surface area contributed by atoms with Gasteiger partial charge in [-0.2, -0.15) is 0 Å². The first-order valence-corrected chi connectivity index (χ1v) is 9.81. The molecule has 0 spiro atoms. The minimum Gasteiger partial charge on any atom is -0.352 e. The van der Waals surface area contributed by atoms with E-state index in [4.69, 9.17) is 5.73 Å². The molecule has 0 aromatic heterocycles. The van der Waals surface area contributed by atoms with Gasteiger partial charge in [-0.3, -0.25) is 9.59 Å². The molecule has 24 heavy (non-hydrogen) atoms. The molecule has 2 aliphatic carbocycles. The normalized spacial score (nSPS) is 22.8. The molecular weight excluding hydrogens is 302 g/mol. The highest BCUT2D eigenvalue weighted by Crippen LogP contribution is 2.30. The van der Waals surface area contributed by atoms with Crippen LogP contribution < -0.4 is 16.4 Å². The van der Waals surface area contributed by atoms with E-state index >= 15 is 0 Å². The zero-order valence-electron chi connectivity index (χ0n) is 15.4. The number of nitrogens with two attached hydrogens (primary N) is 1. The van der Waals surface area contributed by atoms with Gasteiger partial charge in [-0.05, 0) is 39.0 Å². The molecule has 0 aromatic carbocycles. The molecule has 138 valence electrons. The predicted molar refractivity (Wildman–Crippen MR) is 96.4 cm³/mol. The van der Waals surface area contributed by atoms with Crippen molar-refractivity contribution in [3.05, 3.63) is 0 Å². The molecule has 0 heterocycles. The first kappa shape index (κ1) is 19.2. The average Bonchev–Trinajstić information content (AvgIpc) is 2.56. The molecule has 0 unspecified atom stereocenters. The van der Waals surface area contributed by atoms with Crippen molar-refractivity contribution in [1.82, 2.24) is 10.6 Å². The number of carbonyl (C=O) groups is 2. The summed E-state index contributed by atoms with van der Waals surface area (Å²) in [6, 6.07) is -0.428. The van der Waals surface area contributed by atoms with E-state index in [-0.39, 0.29) is 17.9 Å². The van der Waals surface area contributed by atoms with E-state index in [0.717, 1.165) is 25.7 Å². The summed E-state index contributed by atoms with van der Waals surface area (Å²) in [5.74, 6) is 0.364. The highest BCUT2D eigenvalue weighted by Gasteiger charge is 2.41. The smallest absolute Gasteiger partial charge is 0.245 e. The Morgan fingerprint density at radius 2 is 1.62 bits per heavy atom. The molecule has 2 amide bonds. The maximum Gasteiger partial charge on any atom is 0.245 e. The highest BCUT2D eigenvalue weighted by atomic mass is 16.2. The van der Waals surface area contributed by atoms with Gasteiger partial charge in [0.05, 0.1) is 6.04 Å². The van der Waals surface area contributed by atoms with Gasteiger partial charge < -0.3 is 16.4 Å². The molecule has 0 radical (unpaired) electrons. The molecule has 5 nitrogen and oxygen atoms in total. The second-order valence-electron chi connectivity index (χ2n) is 8.11. The topological polar surface area (TPSA) is 84.2 Å². The molecule has 2 rings (SSSR count). The summed E-state index contributed by atoms with van der Waals surface area (Å²) < 4.78 is 0. The molecule has 5 heteroatoms. The van der Waals surface area contributed by atoms with Crippen LogP contribution in [0.4, 0.5) is 0 Å². The van der Waals surface area contributed by atoms with Crippen LogP contribution in [0.15, 0.2) is 0 Å². The van der Waals surface area contributed by atoms with Crippen molar-refractivity contribution in [3.8, 4) is 0 Å². The summed E-state index contributed by atoms with van der Waals surface area (Å²) in [5, 5.41) is 6.04. The summed E-state index contributed by atoms with van der Waals surface area (Å²) in [7, 11) is 0. The highest BCUT2D eigenvalue weighted by molar-refractivity contribution is 5.93. The second-order valence-corrected chi connectivity index (χ2v) is 8.11. The summed E-state index contributed by atoms with van der Waals surface area (Å²) in [4.78, 5) is 25.4. The van der Waals surface area contributed by atoms with Crippen molar-refractivity contribution in [2.45, 2.75) is 102 Å². The summed E-state index contributed by atoms with van der Waals surface area (Å²) in [5.41, 5.74) is 5.42. The number of amides is 2. The lowest BCUT2D eigenvalue weighted by molar-refractivity contribution is -0.136. The maximum absolute atomic E-state index is 12.7. The van der Waals surface area contributed by atoms with Gasteiger partial charge in [-0.1, -0.05) is 51.4 Å². The van der Waals surface area contributed by atoms with E-state index < -0.39 is 11.6 Å². The van der Waals surface area contributed by atoms with Gasteiger partial charge in [0.25, 0.3) is 0 Å². The number of nitrogens with one attached hydrogen (secondary N) is 2. The Bertz CT molecular complexity index is 424. The van der Waals surface area contributed by atoms with Crippen LogP contribution >= 0.6 is 0 Å². The van der Waals surface area contributed by atoms with E-state index in [9.17, 15) is 9.59 Å². The largest absolute Gasteiger partial charge is 0.352 e. The van der Waals surface area contributed by atoms with Crippen LogP contribution in [0.3, 0.4) is 0 Å².